The Morgan fingerprint density at radius 1 is 1.00 bits per heavy atom. The third kappa shape index (κ3) is 3.74. The minimum Gasteiger partial charge on any atom is -0.497 e. The summed E-state index contributed by atoms with van der Waals surface area (Å²) < 4.78 is 11.5. The fraction of sp³-hybridized carbons (Fsp3) is 0.250. The lowest BCUT2D eigenvalue weighted by Crippen LogP contribution is -2.03. The van der Waals surface area contributed by atoms with Gasteiger partial charge in [0, 0.05) is 17.0 Å². The maximum absolute atomic E-state index is 10.4. The van der Waals surface area contributed by atoms with Crippen molar-refractivity contribution in [1.82, 2.24) is 0 Å². The normalized spacial score (nSPS) is 12.0. The number of hydrogen-bond donors (Lipinski definition) is 1. The van der Waals surface area contributed by atoms with E-state index in [-0.39, 0.29) is 0 Å². The molecule has 1 atom stereocenters. The second-order valence-electron chi connectivity index (χ2n) is 4.49. The van der Waals surface area contributed by atoms with Crippen molar-refractivity contribution in [2.45, 2.75) is 12.5 Å². The molecule has 0 bridgehead atoms. The molecule has 0 spiro atoms. The highest BCUT2D eigenvalue weighted by atomic mass is 79.9. The van der Waals surface area contributed by atoms with Crippen LogP contribution in [0.25, 0.3) is 0 Å². The van der Waals surface area contributed by atoms with Crippen LogP contribution < -0.4 is 9.47 Å². The highest BCUT2D eigenvalue weighted by Crippen LogP contribution is 2.28. The zero-order valence-corrected chi connectivity index (χ0v) is 13.1. The lowest BCUT2D eigenvalue weighted by Gasteiger charge is -2.14. The largest absolute Gasteiger partial charge is 0.497 e. The Morgan fingerprint density at radius 3 is 2.05 bits per heavy atom. The molecule has 0 amide bonds. The van der Waals surface area contributed by atoms with Crippen LogP contribution in [0.15, 0.2) is 46.9 Å². The van der Waals surface area contributed by atoms with Gasteiger partial charge >= 0.3 is 0 Å². The van der Waals surface area contributed by atoms with E-state index in [1.54, 1.807) is 20.3 Å². The van der Waals surface area contributed by atoms with Crippen LogP contribution in [0.1, 0.15) is 17.2 Å². The Labute approximate surface area is 127 Å². The van der Waals surface area contributed by atoms with E-state index in [9.17, 15) is 5.11 Å². The van der Waals surface area contributed by atoms with Crippen LogP contribution >= 0.6 is 15.9 Å². The van der Waals surface area contributed by atoms with Gasteiger partial charge in [0.05, 0.1) is 20.3 Å². The summed E-state index contributed by atoms with van der Waals surface area (Å²) in [5, 5.41) is 10.4. The SMILES string of the molecule is COc1cc(OC)cc(C(O)Cc2ccc(Br)cc2)c1. The Morgan fingerprint density at radius 2 is 1.55 bits per heavy atom. The third-order valence-electron chi connectivity index (χ3n) is 3.10. The van der Waals surface area contributed by atoms with Crippen LogP contribution in [0.3, 0.4) is 0 Å². The molecule has 1 unspecified atom stereocenters. The monoisotopic (exact) mass is 336 g/mol. The molecule has 20 heavy (non-hydrogen) atoms. The van der Waals surface area contributed by atoms with Crippen molar-refractivity contribution in [3.63, 3.8) is 0 Å². The predicted octanol–water partition coefficient (Wildman–Crippen LogP) is 3.74. The predicted molar refractivity (Wildman–Crippen MR) is 82.4 cm³/mol. The second-order valence-corrected chi connectivity index (χ2v) is 5.41. The Balaban J connectivity index is 2.19. The van der Waals surface area contributed by atoms with E-state index in [1.165, 1.54) is 0 Å². The van der Waals surface area contributed by atoms with E-state index < -0.39 is 6.10 Å². The molecule has 2 rings (SSSR count). The zero-order valence-electron chi connectivity index (χ0n) is 11.5. The summed E-state index contributed by atoms with van der Waals surface area (Å²) in [6, 6.07) is 13.4. The number of rotatable bonds is 5. The van der Waals surface area contributed by atoms with Gasteiger partial charge in [-0.25, -0.2) is 0 Å². The minimum atomic E-state index is -0.597. The number of aliphatic hydroxyl groups excluding tert-OH is 1. The molecule has 0 aliphatic carbocycles. The molecule has 0 saturated heterocycles. The van der Waals surface area contributed by atoms with Crippen molar-refractivity contribution >= 4 is 15.9 Å². The maximum Gasteiger partial charge on any atom is 0.122 e. The molecule has 0 aliphatic rings. The molecule has 1 N–H and O–H groups in total. The number of hydrogen-bond acceptors (Lipinski definition) is 3. The van der Waals surface area contributed by atoms with Crippen molar-refractivity contribution in [3.05, 3.63) is 58.1 Å². The summed E-state index contributed by atoms with van der Waals surface area (Å²) >= 11 is 3.40. The molecule has 0 saturated carbocycles. The molecule has 4 heteroatoms. The first-order valence-electron chi connectivity index (χ1n) is 6.28. The Kier molecular flexibility index (Phi) is 5.04. The summed E-state index contributed by atoms with van der Waals surface area (Å²) in [5.41, 5.74) is 1.85. The van der Waals surface area contributed by atoms with Crippen LogP contribution in [0.4, 0.5) is 0 Å². The van der Waals surface area contributed by atoms with Gasteiger partial charge < -0.3 is 14.6 Å². The summed E-state index contributed by atoms with van der Waals surface area (Å²) in [6.07, 6.45) is -0.0518. The minimum absolute atomic E-state index is 0.545. The average molecular weight is 337 g/mol. The van der Waals surface area contributed by atoms with Gasteiger partial charge in [-0.05, 0) is 35.4 Å². The quantitative estimate of drug-likeness (QED) is 0.903. The van der Waals surface area contributed by atoms with Gasteiger partial charge in [0.25, 0.3) is 0 Å². The van der Waals surface area contributed by atoms with Crippen molar-refractivity contribution in [2.75, 3.05) is 14.2 Å². The molecule has 0 fully saturated rings. The lowest BCUT2D eigenvalue weighted by molar-refractivity contribution is 0.177. The van der Waals surface area contributed by atoms with Crippen molar-refractivity contribution in [3.8, 4) is 11.5 Å². The molecule has 0 aromatic heterocycles. The van der Waals surface area contributed by atoms with E-state index in [2.05, 4.69) is 15.9 Å². The van der Waals surface area contributed by atoms with E-state index in [0.717, 1.165) is 15.6 Å². The van der Waals surface area contributed by atoms with Crippen LogP contribution in [-0.4, -0.2) is 19.3 Å². The zero-order chi connectivity index (χ0) is 14.5. The standard InChI is InChI=1S/C16H17BrO3/c1-19-14-8-12(9-15(10-14)20-2)16(18)7-11-3-5-13(17)6-4-11/h3-6,8-10,16,18H,7H2,1-2H3. The molecule has 0 aliphatic heterocycles. The van der Waals surface area contributed by atoms with E-state index in [0.29, 0.717) is 17.9 Å². The van der Waals surface area contributed by atoms with Gasteiger partial charge in [-0.15, -0.1) is 0 Å². The number of ether oxygens (including phenoxy) is 2. The number of aliphatic hydroxyl groups is 1. The van der Waals surface area contributed by atoms with Gasteiger partial charge in [-0.3, -0.25) is 0 Å². The molecule has 106 valence electrons. The number of halogens is 1. The molecular formula is C16H17BrO3. The van der Waals surface area contributed by atoms with Crippen molar-refractivity contribution < 1.29 is 14.6 Å². The molecule has 2 aromatic carbocycles. The summed E-state index contributed by atoms with van der Waals surface area (Å²) in [6.45, 7) is 0. The second kappa shape index (κ2) is 6.77. The number of benzene rings is 2. The summed E-state index contributed by atoms with van der Waals surface area (Å²) in [4.78, 5) is 0. The molecule has 0 heterocycles. The van der Waals surface area contributed by atoms with E-state index >= 15 is 0 Å². The van der Waals surface area contributed by atoms with Gasteiger partial charge in [0.15, 0.2) is 0 Å². The van der Waals surface area contributed by atoms with Gasteiger partial charge in [-0.2, -0.15) is 0 Å². The fourth-order valence-electron chi connectivity index (χ4n) is 1.98. The van der Waals surface area contributed by atoms with Crippen molar-refractivity contribution in [1.29, 1.82) is 0 Å². The highest BCUT2D eigenvalue weighted by Gasteiger charge is 2.12. The molecule has 2 aromatic rings. The van der Waals surface area contributed by atoms with Crippen molar-refractivity contribution in [2.24, 2.45) is 0 Å². The Hall–Kier alpha value is -1.52. The molecule has 3 nitrogen and oxygen atoms in total. The van der Waals surface area contributed by atoms with Crippen LogP contribution in [0, 0.1) is 0 Å². The molecular weight excluding hydrogens is 320 g/mol. The summed E-state index contributed by atoms with van der Waals surface area (Å²) in [7, 11) is 3.19. The van der Waals surface area contributed by atoms with Crippen LogP contribution in [0.2, 0.25) is 0 Å². The third-order valence-corrected chi connectivity index (χ3v) is 3.63. The van der Waals surface area contributed by atoms with E-state index in [1.807, 2.05) is 36.4 Å². The first-order chi connectivity index (χ1) is 9.62. The van der Waals surface area contributed by atoms with Crippen LogP contribution in [0.5, 0.6) is 11.5 Å². The topological polar surface area (TPSA) is 38.7 Å². The maximum atomic E-state index is 10.4. The fourth-order valence-corrected chi connectivity index (χ4v) is 2.25. The first-order valence-corrected chi connectivity index (χ1v) is 7.07. The first kappa shape index (κ1) is 14.9. The molecule has 0 radical (unpaired) electrons. The highest BCUT2D eigenvalue weighted by molar-refractivity contribution is 9.10. The summed E-state index contributed by atoms with van der Waals surface area (Å²) in [5.74, 6) is 1.35. The van der Waals surface area contributed by atoms with Gasteiger partial charge in [-0.1, -0.05) is 28.1 Å². The number of methoxy groups -OCH3 is 2. The van der Waals surface area contributed by atoms with Gasteiger partial charge in [0.2, 0.25) is 0 Å². The Bertz CT molecular complexity index is 544. The smallest absolute Gasteiger partial charge is 0.122 e. The average Bonchev–Trinajstić information content (AvgIpc) is 2.48. The van der Waals surface area contributed by atoms with Crippen LogP contribution in [-0.2, 0) is 6.42 Å². The van der Waals surface area contributed by atoms with E-state index in [4.69, 9.17) is 9.47 Å². The lowest BCUT2D eigenvalue weighted by atomic mass is 10.0. The van der Waals surface area contributed by atoms with Gasteiger partial charge in [0.1, 0.15) is 11.5 Å².